The minimum atomic E-state index is -0.0772. The first-order valence-corrected chi connectivity index (χ1v) is 17.0. The number of halogens is 1. The molecule has 0 unspecified atom stereocenters. The van der Waals surface area contributed by atoms with Gasteiger partial charge < -0.3 is 15.1 Å². The van der Waals surface area contributed by atoms with Crippen molar-refractivity contribution in [3.05, 3.63) is 99.8 Å². The highest BCUT2D eigenvalue weighted by atomic mass is 35.5. The van der Waals surface area contributed by atoms with Crippen molar-refractivity contribution in [1.82, 2.24) is 19.8 Å². The summed E-state index contributed by atoms with van der Waals surface area (Å²) in [5, 5.41) is 4.86. The van der Waals surface area contributed by atoms with E-state index in [1.54, 1.807) is 4.57 Å². The molecule has 6 rings (SSSR count). The molecule has 4 aromatic rings. The summed E-state index contributed by atoms with van der Waals surface area (Å²) in [5.41, 5.74) is 2.65. The molecular weight excluding hydrogens is 606 g/mol. The smallest absolute Gasteiger partial charge is 0.262 e. The highest BCUT2D eigenvalue weighted by molar-refractivity contribution is 7.99. The van der Waals surface area contributed by atoms with Crippen LogP contribution in [0.2, 0.25) is 5.02 Å². The number of nitrogens with zero attached hydrogens (tertiary/aromatic N) is 4. The Morgan fingerprint density at radius 3 is 2.31 bits per heavy atom. The first-order chi connectivity index (χ1) is 22.0. The molecule has 8 nitrogen and oxygen atoms in total. The summed E-state index contributed by atoms with van der Waals surface area (Å²) in [5.74, 6) is 0.541. The Labute approximate surface area is 272 Å². The molecule has 3 aromatic carbocycles. The Balaban J connectivity index is 1.07. The lowest BCUT2D eigenvalue weighted by Gasteiger charge is -2.36. The summed E-state index contributed by atoms with van der Waals surface area (Å²) >= 11 is 7.60. The fraction of sp³-hybridized carbons (Fsp3) is 0.371. The molecule has 0 bridgehead atoms. The summed E-state index contributed by atoms with van der Waals surface area (Å²) in [7, 11) is 0. The minimum absolute atomic E-state index is 0.0518. The first kappa shape index (κ1) is 31.2. The van der Waals surface area contributed by atoms with Gasteiger partial charge >= 0.3 is 0 Å². The fourth-order valence-electron chi connectivity index (χ4n) is 6.32. The summed E-state index contributed by atoms with van der Waals surface area (Å²) in [4.78, 5) is 48.9. The summed E-state index contributed by atoms with van der Waals surface area (Å²) in [6.07, 6.45) is 3.23. The maximum atomic E-state index is 13.7. The SMILES string of the molecule is O=C(NCc1ccccc1Cl)C1CCC(Cn2c(SCC(=O)N3CCN(c4ccccc4)CC3)nc3ccccc3c2=O)CC1. The number of thioether (sulfide) groups is 1. The molecule has 1 N–H and O–H groups in total. The van der Waals surface area contributed by atoms with E-state index in [2.05, 4.69) is 22.3 Å². The van der Waals surface area contributed by atoms with Crippen molar-refractivity contribution in [2.45, 2.75) is 43.9 Å². The van der Waals surface area contributed by atoms with Crippen molar-refractivity contribution in [2.24, 2.45) is 11.8 Å². The third-order valence-electron chi connectivity index (χ3n) is 8.97. The molecule has 2 amide bonds. The van der Waals surface area contributed by atoms with Crippen LogP contribution < -0.4 is 15.8 Å². The maximum Gasteiger partial charge on any atom is 0.262 e. The van der Waals surface area contributed by atoms with Crippen LogP contribution in [0.25, 0.3) is 10.9 Å². The average molecular weight is 644 g/mol. The number of carbonyl (C=O) groups excluding carboxylic acids is 2. The zero-order chi connectivity index (χ0) is 31.2. The molecule has 2 fully saturated rings. The number of hydrogen-bond donors (Lipinski definition) is 1. The molecule has 1 saturated carbocycles. The van der Waals surface area contributed by atoms with Crippen LogP contribution in [-0.2, 0) is 22.7 Å². The first-order valence-electron chi connectivity index (χ1n) is 15.7. The number of rotatable bonds is 9. The average Bonchev–Trinajstić information content (AvgIpc) is 3.09. The van der Waals surface area contributed by atoms with Crippen molar-refractivity contribution < 1.29 is 9.59 Å². The van der Waals surface area contributed by atoms with Crippen LogP contribution in [0.15, 0.2) is 88.8 Å². The normalized spacial score (nSPS) is 18.6. The third-order valence-corrected chi connectivity index (χ3v) is 10.3. The summed E-state index contributed by atoms with van der Waals surface area (Å²) in [6.45, 7) is 3.86. The van der Waals surface area contributed by atoms with E-state index in [0.717, 1.165) is 44.3 Å². The van der Waals surface area contributed by atoms with Gasteiger partial charge in [0.15, 0.2) is 5.16 Å². The van der Waals surface area contributed by atoms with Crippen LogP contribution in [0.4, 0.5) is 5.69 Å². The topological polar surface area (TPSA) is 87.5 Å². The van der Waals surface area contributed by atoms with Gasteiger partial charge in [0.25, 0.3) is 5.56 Å². The van der Waals surface area contributed by atoms with Crippen molar-refractivity contribution >= 4 is 51.8 Å². The van der Waals surface area contributed by atoms with Crippen LogP contribution in [0.3, 0.4) is 0 Å². The zero-order valence-corrected chi connectivity index (χ0v) is 26.8. The zero-order valence-electron chi connectivity index (χ0n) is 25.2. The Morgan fingerprint density at radius 1 is 0.867 bits per heavy atom. The van der Waals surface area contributed by atoms with E-state index in [-0.39, 0.29) is 35.0 Å². The number of para-hydroxylation sites is 2. The molecule has 2 heterocycles. The number of anilines is 1. The monoisotopic (exact) mass is 643 g/mol. The standard InChI is InChI=1S/C35H38ClN5O3S/c36-30-12-6-4-8-27(30)22-37-33(43)26-16-14-25(15-17-26)23-41-34(44)29-11-5-7-13-31(29)38-35(41)45-24-32(42)40-20-18-39(19-21-40)28-9-2-1-3-10-28/h1-13,25-26H,14-24H2,(H,37,43). The number of amides is 2. The van der Waals surface area contributed by atoms with Crippen molar-refractivity contribution in [2.75, 3.05) is 36.8 Å². The summed E-state index contributed by atoms with van der Waals surface area (Å²) in [6, 6.07) is 25.2. The van der Waals surface area contributed by atoms with Crippen molar-refractivity contribution in [1.29, 1.82) is 0 Å². The predicted molar refractivity (Wildman–Crippen MR) is 181 cm³/mol. The quantitative estimate of drug-likeness (QED) is 0.188. The van der Waals surface area contributed by atoms with Gasteiger partial charge in [-0.25, -0.2) is 4.98 Å². The second-order valence-corrected chi connectivity index (χ2v) is 13.2. The number of benzene rings is 3. The third kappa shape index (κ3) is 7.53. The molecule has 0 spiro atoms. The fourth-order valence-corrected chi connectivity index (χ4v) is 7.44. The summed E-state index contributed by atoms with van der Waals surface area (Å²) < 4.78 is 1.76. The van der Waals surface area contributed by atoms with Crippen LogP contribution in [-0.4, -0.2) is 58.2 Å². The molecule has 45 heavy (non-hydrogen) atoms. The molecule has 0 atom stereocenters. The van der Waals surface area contributed by atoms with E-state index in [9.17, 15) is 14.4 Å². The number of hydrogen-bond acceptors (Lipinski definition) is 6. The van der Waals surface area contributed by atoms with Gasteiger partial charge in [0.2, 0.25) is 11.8 Å². The van der Waals surface area contributed by atoms with Gasteiger partial charge in [-0.1, -0.05) is 71.9 Å². The Hall–Kier alpha value is -3.82. The molecule has 1 aromatic heterocycles. The molecule has 1 aliphatic heterocycles. The second kappa shape index (κ2) is 14.5. The molecule has 1 aliphatic carbocycles. The van der Waals surface area contributed by atoms with Gasteiger partial charge in [-0.15, -0.1) is 0 Å². The van der Waals surface area contributed by atoms with E-state index < -0.39 is 0 Å². The van der Waals surface area contributed by atoms with Crippen LogP contribution in [0, 0.1) is 11.8 Å². The molecule has 234 valence electrons. The van der Waals surface area contributed by atoms with Gasteiger partial charge in [-0.3, -0.25) is 19.0 Å². The van der Waals surface area contributed by atoms with Gasteiger partial charge in [-0.05, 0) is 67.5 Å². The molecule has 1 saturated heterocycles. The van der Waals surface area contributed by atoms with Gasteiger partial charge in [-0.2, -0.15) is 0 Å². The minimum Gasteiger partial charge on any atom is -0.368 e. The van der Waals surface area contributed by atoms with Gasteiger partial charge in [0.05, 0.1) is 16.7 Å². The lowest BCUT2D eigenvalue weighted by atomic mass is 9.81. The largest absolute Gasteiger partial charge is 0.368 e. The Kier molecular flexibility index (Phi) is 10.1. The van der Waals surface area contributed by atoms with Gasteiger partial charge in [0, 0.05) is 55.9 Å². The van der Waals surface area contributed by atoms with Crippen molar-refractivity contribution in [3.63, 3.8) is 0 Å². The van der Waals surface area contributed by atoms with Crippen LogP contribution in [0.1, 0.15) is 31.2 Å². The van der Waals surface area contributed by atoms with E-state index in [1.165, 1.54) is 17.4 Å². The Morgan fingerprint density at radius 2 is 1.56 bits per heavy atom. The van der Waals surface area contributed by atoms with Crippen molar-refractivity contribution in [3.8, 4) is 0 Å². The maximum absolute atomic E-state index is 13.7. The lowest BCUT2D eigenvalue weighted by Crippen LogP contribution is -2.49. The van der Waals surface area contributed by atoms with E-state index in [0.29, 0.717) is 47.3 Å². The second-order valence-electron chi connectivity index (χ2n) is 11.8. The van der Waals surface area contributed by atoms with Crippen LogP contribution in [0.5, 0.6) is 0 Å². The van der Waals surface area contributed by atoms with E-state index in [1.807, 2.05) is 71.6 Å². The number of nitrogens with one attached hydrogen (secondary N) is 1. The van der Waals surface area contributed by atoms with Crippen LogP contribution >= 0.6 is 23.4 Å². The molecule has 2 aliphatic rings. The number of aromatic nitrogens is 2. The number of fused-ring (bicyclic) bond motifs is 1. The molecular formula is C35H38ClN5O3S. The van der Waals surface area contributed by atoms with E-state index in [4.69, 9.17) is 16.6 Å². The van der Waals surface area contributed by atoms with Gasteiger partial charge in [0.1, 0.15) is 0 Å². The number of carbonyl (C=O) groups is 2. The molecule has 0 radical (unpaired) electrons. The molecule has 10 heteroatoms. The highest BCUT2D eigenvalue weighted by Gasteiger charge is 2.28. The highest BCUT2D eigenvalue weighted by Crippen LogP contribution is 2.31. The Bertz CT molecular complexity index is 1700. The van der Waals surface area contributed by atoms with E-state index >= 15 is 0 Å². The lowest BCUT2D eigenvalue weighted by molar-refractivity contribution is -0.128. The predicted octanol–water partition coefficient (Wildman–Crippen LogP) is 5.61. The number of piperazine rings is 1.